The van der Waals surface area contributed by atoms with E-state index in [1.165, 1.54) is 6.07 Å². The lowest BCUT2D eigenvalue weighted by molar-refractivity contribution is 0.0935. The molecule has 0 aliphatic carbocycles. The first-order valence-corrected chi connectivity index (χ1v) is 6.13. The van der Waals surface area contributed by atoms with Crippen molar-refractivity contribution in [3.8, 4) is 5.75 Å². The first-order chi connectivity index (χ1) is 8.35. The van der Waals surface area contributed by atoms with E-state index in [0.29, 0.717) is 24.2 Å². The summed E-state index contributed by atoms with van der Waals surface area (Å²) in [7, 11) is 0. The molecule has 4 nitrogen and oxygen atoms in total. The van der Waals surface area contributed by atoms with Crippen LogP contribution >= 0.6 is 0 Å². The van der Waals surface area contributed by atoms with Gasteiger partial charge in [-0.05, 0) is 49.1 Å². The van der Waals surface area contributed by atoms with Crippen LogP contribution in [-0.4, -0.2) is 24.1 Å². The van der Waals surface area contributed by atoms with E-state index in [1.54, 1.807) is 19.1 Å². The minimum absolute atomic E-state index is 0.00360. The summed E-state index contributed by atoms with van der Waals surface area (Å²) in [5, 5.41) is 12.3. The summed E-state index contributed by atoms with van der Waals surface area (Å²) in [5.41, 5.74) is 6.79. The monoisotopic (exact) mass is 250 g/mol. The van der Waals surface area contributed by atoms with Crippen LogP contribution in [0.3, 0.4) is 0 Å². The van der Waals surface area contributed by atoms with Crippen molar-refractivity contribution in [2.45, 2.75) is 27.2 Å². The number of nitrogens with two attached hydrogens (primary N) is 1. The Bertz CT molecular complexity index is 428. The van der Waals surface area contributed by atoms with Crippen LogP contribution in [0.15, 0.2) is 18.2 Å². The molecule has 0 aliphatic heterocycles. The number of aryl methyl sites for hydroxylation is 1. The average molecular weight is 250 g/mol. The van der Waals surface area contributed by atoms with Gasteiger partial charge in [-0.3, -0.25) is 4.79 Å². The summed E-state index contributed by atoms with van der Waals surface area (Å²) in [6.07, 6.45) is 0.863. The number of phenols is 1. The van der Waals surface area contributed by atoms with Gasteiger partial charge in [-0.1, -0.05) is 13.8 Å². The lowest BCUT2D eigenvalue weighted by atomic mass is 9.89. The molecule has 4 heteroatoms. The zero-order chi connectivity index (χ0) is 13.8. The van der Waals surface area contributed by atoms with Gasteiger partial charge in [0.2, 0.25) is 0 Å². The van der Waals surface area contributed by atoms with E-state index in [1.807, 2.05) is 0 Å². The molecule has 1 amide bonds. The average Bonchev–Trinajstić information content (AvgIpc) is 2.30. The van der Waals surface area contributed by atoms with Crippen molar-refractivity contribution in [2.75, 3.05) is 13.1 Å². The zero-order valence-electron chi connectivity index (χ0n) is 11.3. The molecular weight excluding hydrogens is 228 g/mol. The maximum absolute atomic E-state index is 11.9. The Balaban J connectivity index is 2.63. The molecule has 100 valence electrons. The van der Waals surface area contributed by atoms with Gasteiger partial charge in [-0.2, -0.15) is 0 Å². The Kier molecular flexibility index (Phi) is 4.73. The fourth-order valence-electron chi connectivity index (χ4n) is 1.70. The molecule has 0 saturated heterocycles. The molecule has 18 heavy (non-hydrogen) atoms. The maximum atomic E-state index is 11.9. The van der Waals surface area contributed by atoms with Crippen molar-refractivity contribution < 1.29 is 9.90 Å². The van der Waals surface area contributed by atoms with Gasteiger partial charge in [0, 0.05) is 12.1 Å². The van der Waals surface area contributed by atoms with E-state index in [2.05, 4.69) is 19.2 Å². The highest BCUT2D eigenvalue weighted by molar-refractivity contribution is 5.94. The van der Waals surface area contributed by atoms with Crippen LogP contribution in [0.4, 0.5) is 0 Å². The van der Waals surface area contributed by atoms with Crippen LogP contribution in [0.2, 0.25) is 0 Å². The van der Waals surface area contributed by atoms with Crippen LogP contribution in [-0.2, 0) is 0 Å². The largest absolute Gasteiger partial charge is 0.508 e. The van der Waals surface area contributed by atoms with Crippen molar-refractivity contribution in [3.05, 3.63) is 29.3 Å². The van der Waals surface area contributed by atoms with Gasteiger partial charge >= 0.3 is 0 Å². The Morgan fingerprint density at radius 1 is 1.44 bits per heavy atom. The van der Waals surface area contributed by atoms with E-state index >= 15 is 0 Å². The predicted octanol–water partition coefficient (Wildman–Crippen LogP) is 1.81. The summed E-state index contributed by atoms with van der Waals surface area (Å²) >= 11 is 0. The number of hydrogen-bond acceptors (Lipinski definition) is 3. The number of benzene rings is 1. The maximum Gasteiger partial charge on any atom is 0.251 e. The lowest BCUT2D eigenvalue weighted by Crippen LogP contribution is -2.35. The third-order valence-electron chi connectivity index (χ3n) is 3.01. The lowest BCUT2D eigenvalue weighted by Gasteiger charge is -2.24. The number of amides is 1. The Morgan fingerprint density at radius 3 is 2.67 bits per heavy atom. The van der Waals surface area contributed by atoms with Crippen molar-refractivity contribution >= 4 is 5.91 Å². The highest BCUT2D eigenvalue weighted by atomic mass is 16.3. The second-order valence-electron chi connectivity index (χ2n) is 5.39. The van der Waals surface area contributed by atoms with Gasteiger partial charge in [-0.25, -0.2) is 0 Å². The Hall–Kier alpha value is -1.55. The molecule has 0 radical (unpaired) electrons. The van der Waals surface area contributed by atoms with Crippen molar-refractivity contribution in [2.24, 2.45) is 11.1 Å². The third-order valence-corrected chi connectivity index (χ3v) is 3.01. The van der Waals surface area contributed by atoms with Crippen molar-refractivity contribution in [1.82, 2.24) is 5.32 Å². The van der Waals surface area contributed by atoms with E-state index in [4.69, 9.17) is 5.73 Å². The van der Waals surface area contributed by atoms with Gasteiger partial charge in [0.25, 0.3) is 5.91 Å². The van der Waals surface area contributed by atoms with Gasteiger partial charge in [-0.15, -0.1) is 0 Å². The highest BCUT2D eigenvalue weighted by Gasteiger charge is 2.18. The normalized spacial score (nSPS) is 11.3. The first-order valence-electron chi connectivity index (χ1n) is 6.13. The van der Waals surface area contributed by atoms with E-state index < -0.39 is 0 Å². The molecule has 0 bridgehead atoms. The second kappa shape index (κ2) is 5.87. The standard InChI is InChI=1S/C14H22N2O2/c1-10-8-11(4-5-12(10)17)13(18)16-9-14(2,3)6-7-15/h4-5,8,17H,6-7,9,15H2,1-3H3,(H,16,18). The van der Waals surface area contributed by atoms with E-state index in [9.17, 15) is 9.90 Å². The third kappa shape index (κ3) is 4.04. The van der Waals surface area contributed by atoms with Gasteiger partial charge in [0.05, 0.1) is 0 Å². The van der Waals surface area contributed by atoms with Crippen LogP contribution in [0.25, 0.3) is 0 Å². The van der Waals surface area contributed by atoms with Gasteiger partial charge in [0.1, 0.15) is 5.75 Å². The molecule has 1 rings (SSSR count). The molecule has 0 aromatic heterocycles. The Labute approximate surface area is 108 Å². The molecule has 1 aromatic carbocycles. The SMILES string of the molecule is Cc1cc(C(=O)NCC(C)(C)CCN)ccc1O. The molecular formula is C14H22N2O2. The molecule has 0 aliphatic rings. The minimum atomic E-state index is -0.122. The number of carbonyl (C=O) groups excluding carboxylic acids is 1. The molecule has 1 aromatic rings. The summed E-state index contributed by atoms with van der Waals surface area (Å²) < 4.78 is 0. The van der Waals surface area contributed by atoms with Crippen LogP contribution in [0.5, 0.6) is 5.75 Å². The minimum Gasteiger partial charge on any atom is -0.508 e. The Morgan fingerprint density at radius 2 is 2.11 bits per heavy atom. The number of rotatable bonds is 5. The van der Waals surface area contributed by atoms with Crippen LogP contribution < -0.4 is 11.1 Å². The first kappa shape index (κ1) is 14.5. The van der Waals surface area contributed by atoms with Crippen molar-refractivity contribution in [3.63, 3.8) is 0 Å². The fraction of sp³-hybridized carbons (Fsp3) is 0.500. The fourth-order valence-corrected chi connectivity index (χ4v) is 1.70. The quantitative estimate of drug-likeness (QED) is 0.746. The van der Waals surface area contributed by atoms with Gasteiger partial charge in [0.15, 0.2) is 0 Å². The van der Waals surface area contributed by atoms with E-state index in [0.717, 1.165) is 6.42 Å². The smallest absolute Gasteiger partial charge is 0.251 e. The summed E-state index contributed by atoms with van der Waals surface area (Å²) in [5.74, 6) is 0.0817. The topological polar surface area (TPSA) is 75.4 Å². The number of aromatic hydroxyl groups is 1. The zero-order valence-corrected chi connectivity index (χ0v) is 11.3. The highest BCUT2D eigenvalue weighted by Crippen LogP contribution is 2.19. The van der Waals surface area contributed by atoms with E-state index in [-0.39, 0.29) is 17.1 Å². The number of phenolic OH excluding ortho intramolecular Hbond substituents is 1. The molecule has 0 unspecified atom stereocenters. The number of carbonyl (C=O) groups is 1. The molecule has 0 saturated carbocycles. The van der Waals surface area contributed by atoms with Gasteiger partial charge < -0.3 is 16.2 Å². The summed E-state index contributed by atoms with van der Waals surface area (Å²) in [6, 6.07) is 4.84. The second-order valence-corrected chi connectivity index (χ2v) is 5.39. The molecule has 0 spiro atoms. The molecule has 0 fully saturated rings. The molecule has 0 atom stereocenters. The van der Waals surface area contributed by atoms with Crippen molar-refractivity contribution in [1.29, 1.82) is 0 Å². The summed E-state index contributed by atoms with van der Waals surface area (Å²) in [4.78, 5) is 11.9. The number of hydrogen-bond donors (Lipinski definition) is 3. The number of nitrogens with one attached hydrogen (secondary N) is 1. The van der Waals surface area contributed by atoms with Crippen LogP contribution in [0, 0.1) is 12.3 Å². The molecule has 0 heterocycles. The van der Waals surface area contributed by atoms with Crippen LogP contribution in [0.1, 0.15) is 36.2 Å². The molecule has 4 N–H and O–H groups in total. The predicted molar refractivity (Wildman–Crippen MR) is 72.6 cm³/mol. The summed E-state index contributed by atoms with van der Waals surface area (Å²) in [6.45, 7) is 7.11.